The van der Waals surface area contributed by atoms with Gasteiger partial charge in [-0.3, -0.25) is 14.4 Å². The van der Waals surface area contributed by atoms with E-state index in [2.05, 4.69) is 0 Å². The molecule has 1 aliphatic carbocycles. The van der Waals surface area contributed by atoms with Crippen LogP contribution in [0.4, 0.5) is 0 Å². The van der Waals surface area contributed by atoms with Crippen LogP contribution in [-0.2, 0) is 33.3 Å². The second-order valence-electron chi connectivity index (χ2n) is 7.04. The highest BCUT2D eigenvalue weighted by Gasteiger charge is 2.77. The van der Waals surface area contributed by atoms with Gasteiger partial charge in [-0.25, -0.2) is 4.79 Å². The van der Waals surface area contributed by atoms with Gasteiger partial charge in [-0.05, 0) is 24.1 Å². The summed E-state index contributed by atoms with van der Waals surface area (Å²) in [5, 5.41) is 0. The van der Waals surface area contributed by atoms with E-state index in [4.69, 9.17) is 18.9 Å². The number of rotatable bonds is 5. The van der Waals surface area contributed by atoms with Crippen LogP contribution in [0.1, 0.15) is 41.6 Å². The van der Waals surface area contributed by atoms with Crippen LogP contribution in [0.5, 0.6) is 0 Å². The van der Waals surface area contributed by atoms with Crippen molar-refractivity contribution < 1.29 is 38.1 Å². The molecule has 0 bridgehead atoms. The third-order valence-electron chi connectivity index (χ3n) is 5.96. The molecular formula is C20H22O8. The van der Waals surface area contributed by atoms with Crippen LogP contribution in [0, 0.1) is 11.3 Å². The molecule has 8 heteroatoms. The first-order valence-corrected chi connectivity index (χ1v) is 8.89. The first-order valence-electron chi connectivity index (χ1n) is 8.89. The molecule has 2 fully saturated rings. The van der Waals surface area contributed by atoms with E-state index in [0.29, 0.717) is 17.5 Å². The molecular weight excluding hydrogens is 368 g/mol. The van der Waals surface area contributed by atoms with E-state index in [9.17, 15) is 19.2 Å². The fourth-order valence-electron chi connectivity index (χ4n) is 4.62. The minimum absolute atomic E-state index is 0.0182. The smallest absolute Gasteiger partial charge is 0.337 e. The Labute approximate surface area is 162 Å². The maximum absolute atomic E-state index is 12.9. The summed E-state index contributed by atoms with van der Waals surface area (Å²) in [4.78, 5) is 49.8. The van der Waals surface area contributed by atoms with E-state index in [0.717, 1.165) is 0 Å². The molecule has 1 saturated carbocycles. The molecule has 0 aromatic heterocycles. The number of esters is 4. The topological polar surface area (TPSA) is 105 Å². The van der Waals surface area contributed by atoms with Crippen molar-refractivity contribution in [2.45, 2.75) is 31.3 Å². The van der Waals surface area contributed by atoms with Gasteiger partial charge < -0.3 is 18.9 Å². The number of benzene rings is 1. The number of ether oxygens (including phenoxy) is 4. The monoisotopic (exact) mass is 390 g/mol. The van der Waals surface area contributed by atoms with Crippen LogP contribution in [0.3, 0.4) is 0 Å². The van der Waals surface area contributed by atoms with Crippen molar-refractivity contribution in [2.24, 2.45) is 11.3 Å². The molecule has 1 aromatic rings. The lowest BCUT2D eigenvalue weighted by molar-refractivity contribution is -0.208. The molecule has 3 atom stereocenters. The summed E-state index contributed by atoms with van der Waals surface area (Å²) in [6.07, 6.45) is 0.422. The van der Waals surface area contributed by atoms with Gasteiger partial charge in [0.1, 0.15) is 11.5 Å². The molecule has 0 amide bonds. The first kappa shape index (κ1) is 19.9. The summed E-state index contributed by atoms with van der Waals surface area (Å²) >= 11 is 0. The van der Waals surface area contributed by atoms with Crippen LogP contribution in [0.15, 0.2) is 24.3 Å². The van der Waals surface area contributed by atoms with E-state index in [1.807, 2.05) is 6.92 Å². The summed E-state index contributed by atoms with van der Waals surface area (Å²) in [5.74, 6) is -4.07. The van der Waals surface area contributed by atoms with Crippen molar-refractivity contribution in [3.8, 4) is 0 Å². The van der Waals surface area contributed by atoms with Gasteiger partial charge in [-0.15, -0.1) is 0 Å². The van der Waals surface area contributed by atoms with Crippen molar-refractivity contribution in [1.82, 2.24) is 0 Å². The Morgan fingerprint density at radius 2 is 1.57 bits per heavy atom. The predicted molar refractivity (Wildman–Crippen MR) is 94.2 cm³/mol. The molecule has 1 aromatic carbocycles. The normalized spacial score (nSPS) is 27.1. The fraction of sp³-hybridized carbons (Fsp3) is 0.500. The zero-order chi connectivity index (χ0) is 20.7. The quantitative estimate of drug-likeness (QED) is 0.424. The van der Waals surface area contributed by atoms with Gasteiger partial charge in [-0.1, -0.05) is 19.1 Å². The molecule has 8 nitrogen and oxygen atoms in total. The number of hydrogen-bond acceptors (Lipinski definition) is 8. The standard InChI is InChI=1S/C20H22O8/c1-5-19-10-20(17(23)26-3,18(24)27-4)13(14(19)16(22)28-19)11-6-8-12(9-7-11)15(21)25-2/h6-9,13-14H,5,10H2,1-4H3/t13-,14+,19+/m1/s1. The molecule has 3 rings (SSSR count). The van der Waals surface area contributed by atoms with Gasteiger partial charge in [-0.2, -0.15) is 0 Å². The van der Waals surface area contributed by atoms with Gasteiger partial charge in [0.15, 0.2) is 5.41 Å². The third kappa shape index (κ3) is 2.51. The number of carbonyl (C=O) groups excluding carboxylic acids is 4. The summed E-state index contributed by atoms with van der Waals surface area (Å²) in [5.41, 5.74) is -1.81. The highest BCUT2D eigenvalue weighted by molar-refractivity contribution is 6.04. The zero-order valence-corrected chi connectivity index (χ0v) is 16.1. The number of methoxy groups -OCH3 is 3. The minimum atomic E-state index is -1.72. The maximum Gasteiger partial charge on any atom is 0.337 e. The molecule has 28 heavy (non-hydrogen) atoms. The van der Waals surface area contributed by atoms with E-state index in [1.54, 1.807) is 12.1 Å². The van der Waals surface area contributed by atoms with Crippen molar-refractivity contribution in [3.05, 3.63) is 35.4 Å². The Bertz CT molecular complexity index is 811. The maximum atomic E-state index is 12.9. The van der Waals surface area contributed by atoms with Crippen molar-refractivity contribution in [2.75, 3.05) is 21.3 Å². The number of carbonyl (C=O) groups is 4. The van der Waals surface area contributed by atoms with Crippen molar-refractivity contribution in [1.29, 1.82) is 0 Å². The minimum Gasteiger partial charge on any atom is -0.468 e. The second kappa shape index (κ2) is 6.92. The van der Waals surface area contributed by atoms with E-state index in [1.165, 1.54) is 33.5 Å². The van der Waals surface area contributed by atoms with Crippen LogP contribution in [-0.4, -0.2) is 50.8 Å². The van der Waals surface area contributed by atoms with Crippen LogP contribution in [0.2, 0.25) is 0 Å². The molecule has 1 heterocycles. The molecule has 1 aliphatic heterocycles. The number of fused-ring (bicyclic) bond motifs is 1. The Morgan fingerprint density at radius 3 is 2.00 bits per heavy atom. The Kier molecular flexibility index (Phi) is 4.91. The average molecular weight is 390 g/mol. The van der Waals surface area contributed by atoms with Crippen LogP contribution >= 0.6 is 0 Å². The first-order chi connectivity index (χ1) is 13.3. The van der Waals surface area contributed by atoms with E-state index >= 15 is 0 Å². The molecule has 150 valence electrons. The third-order valence-corrected chi connectivity index (χ3v) is 5.96. The van der Waals surface area contributed by atoms with E-state index < -0.39 is 46.7 Å². The molecule has 0 spiro atoms. The predicted octanol–water partition coefficient (Wildman–Crippen LogP) is 1.61. The summed E-state index contributed by atoms with van der Waals surface area (Å²) in [6.45, 7) is 1.83. The van der Waals surface area contributed by atoms with Crippen molar-refractivity contribution >= 4 is 23.9 Å². The molecule has 1 saturated heterocycles. The molecule has 2 aliphatic rings. The lowest BCUT2D eigenvalue weighted by Gasteiger charge is -2.44. The highest BCUT2D eigenvalue weighted by atomic mass is 16.6. The lowest BCUT2D eigenvalue weighted by atomic mass is 9.70. The SMILES string of the molecule is CC[C@]12CC(C(=O)OC)(C(=O)OC)[C@H](c3ccc(C(=O)OC)cc3)[C@H]1C(=O)O2. The Morgan fingerprint density at radius 1 is 1.00 bits per heavy atom. The molecule has 0 unspecified atom stereocenters. The Hall–Kier alpha value is -2.90. The Balaban J connectivity index is 2.17. The largest absolute Gasteiger partial charge is 0.468 e. The van der Waals surface area contributed by atoms with Crippen LogP contribution in [0.25, 0.3) is 0 Å². The molecule has 0 N–H and O–H groups in total. The summed E-state index contributed by atoms with van der Waals surface area (Å²) in [7, 11) is 3.64. The van der Waals surface area contributed by atoms with E-state index in [-0.39, 0.29) is 6.42 Å². The summed E-state index contributed by atoms with van der Waals surface area (Å²) < 4.78 is 20.1. The molecule has 0 radical (unpaired) electrons. The lowest BCUT2D eigenvalue weighted by Crippen LogP contribution is -2.55. The van der Waals surface area contributed by atoms with Gasteiger partial charge in [0, 0.05) is 12.3 Å². The van der Waals surface area contributed by atoms with Crippen molar-refractivity contribution in [3.63, 3.8) is 0 Å². The van der Waals surface area contributed by atoms with Gasteiger partial charge >= 0.3 is 23.9 Å². The summed E-state index contributed by atoms with van der Waals surface area (Å²) in [6, 6.07) is 6.26. The van der Waals surface area contributed by atoms with Gasteiger partial charge in [0.2, 0.25) is 0 Å². The average Bonchev–Trinajstić information content (AvgIpc) is 2.98. The fourth-order valence-corrected chi connectivity index (χ4v) is 4.62. The zero-order valence-electron chi connectivity index (χ0n) is 16.1. The second-order valence-corrected chi connectivity index (χ2v) is 7.04. The highest BCUT2D eigenvalue weighted by Crippen LogP contribution is 2.65. The van der Waals surface area contributed by atoms with Gasteiger partial charge in [0.25, 0.3) is 0 Å². The van der Waals surface area contributed by atoms with Gasteiger partial charge in [0.05, 0.1) is 26.9 Å². The number of hydrogen-bond donors (Lipinski definition) is 0. The van der Waals surface area contributed by atoms with Crippen LogP contribution < -0.4 is 0 Å².